The summed E-state index contributed by atoms with van der Waals surface area (Å²) in [5.41, 5.74) is 3.63. The smallest absolute Gasteiger partial charge is 0.241 e. The Kier molecular flexibility index (Phi) is 9.49. The van der Waals surface area contributed by atoms with Crippen molar-refractivity contribution in [1.29, 1.82) is 5.26 Å². The maximum Gasteiger partial charge on any atom is 0.241 e. The van der Waals surface area contributed by atoms with E-state index in [1.807, 2.05) is 93.6 Å². The summed E-state index contributed by atoms with van der Waals surface area (Å²) in [7, 11) is -3.70. The first-order valence-electron chi connectivity index (χ1n) is 13.7. The van der Waals surface area contributed by atoms with Crippen LogP contribution in [0.4, 0.5) is 5.69 Å². The molecule has 1 unspecified atom stereocenters. The summed E-state index contributed by atoms with van der Waals surface area (Å²) in [6, 6.07) is 34.8. The van der Waals surface area contributed by atoms with E-state index in [0.717, 1.165) is 22.6 Å². The van der Waals surface area contributed by atoms with Crippen molar-refractivity contribution in [3.63, 3.8) is 0 Å². The average Bonchev–Trinajstić information content (AvgIpc) is 2.96. The zero-order valence-electron chi connectivity index (χ0n) is 24.0. The van der Waals surface area contributed by atoms with Crippen LogP contribution in [0.5, 0.6) is 5.75 Å². The molecule has 0 aliphatic heterocycles. The summed E-state index contributed by atoms with van der Waals surface area (Å²) in [6.07, 6.45) is 0. The van der Waals surface area contributed by atoms with Crippen LogP contribution in [0.1, 0.15) is 44.7 Å². The Balaban J connectivity index is 1.53. The Hall–Kier alpha value is -4.12. The van der Waals surface area contributed by atoms with E-state index in [9.17, 15) is 13.7 Å². The fourth-order valence-corrected chi connectivity index (χ4v) is 6.36. The number of nitrogens with one attached hydrogen (secondary N) is 1. The first kappa shape index (κ1) is 29.9. The van der Waals surface area contributed by atoms with Crippen LogP contribution < -0.4 is 14.4 Å². The third kappa shape index (κ3) is 8.20. The third-order valence-electron chi connectivity index (χ3n) is 6.62. The molecule has 7 heteroatoms. The van der Waals surface area contributed by atoms with Crippen molar-refractivity contribution in [1.82, 2.24) is 4.72 Å². The Morgan fingerprint density at radius 2 is 1.59 bits per heavy atom. The molecule has 0 fully saturated rings. The van der Waals surface area contributed by atoms with Crippen LogP contribution in [0.2, 0.25) is 0 Å². The standard InChI is InChI=1S/C34H37N3O3S/c1-26(25-37(30-12-10-11-27(23-30)24-35)21-22-40-31-13-6-5-7-14-31)28-17-19-29(20-18-28)32-15-8-9-16-33(32)41(38,39)36-34(2,3)4/h5-20,23,26,36H,21-22,25H2,1-4H3. The van der Waals surface area contributed by atoms with E-state index >= 15 is 0 Å². The molecule has 1 N–H and O–H groups in total. The number of nitriles is 1. The monoisotopic (exact) mass is 567 g/mol. The Morgan fingerprint density at radius 1 is 0.902 bits per heavy atom. The molecule has 6 nitrogen and oxygen atoms in total. The summed E-state index contributed by atoms with van der Waals surface area (Å²) in [4.78, 5) is 2.50. The van der Waals surface area contributed by atoms with Gasteiger partial charge in [0, 0.05) is 23.3 Å². The lowest BCUT2D eigenvalue weighted by atomic mass is 9.96. The van der Waals surface area contributed by atoms with Crippen molar-refractivity contribution < 1.29 is 13.2 Å². The molecule has 4 aromatic rings. The van der Waals surface area contributed by atoms with Crippen LogP contribution >= 0.6 is 0 Å². The second-order valence-electron chi connectivity index (χ2n) is 11.1. The summed E-state index contributed by atoms with van der Waals surface area (Å²) in [5, 5.41) is 9.44. The molecule has 4 aromatic carbocycles. The molecule has 41 heavy (non-hydrogen) atoms. The molecule has 0 aliphatic rings. The van der Waals surface area contributed by atoms with E-state index in [2.05, 4.69) is 34.7 Å². The van der Waals surface area contributed by atoms with Crippen molar-refractivity contribution in [2.45, 2.75) is 44.0 Å². The minimum atomic E-state index is -3.70. The molecule has 0 bridgehead atoms. The van der Waals surface area contributed by atoms with Crippen LogP contribution in [0.15, 0.2) is 108 Å². The molecule has 0 amide bonds. The molecule has 0 saturated carbocycles. The average molecular weight is 568 g/mol. The van der Waals surface area contributed by atoms with Crippen molar-refractivity contribution in [2.75, 3.05) is 24.6 Å². The zero-order chi connectivity index (χ0) is 29.5. The fourth-order valence-electron chi connectivity index (χ4n) is 4.71. The molecule has 0 saturated heterocycles. The third-order valence-corrected chi connectivity index (χ3v) is 8.43. The second-order valence-corrected chi connectivity index (χ2v) is 12.8. The van der Waals surface area contributed by atoms with E-state index in [4.69, 9.17) is 4.74 Å². The minimum Gasteiger partial charge on any atom is -0.492 e. The lowest BCUT2D eigenvalue weighted by molar-refractivity contribution is 0.323. The van der Waals surface area contributed by atoms with Gasteiger partial charge < -0.3 is 9.64 Å². The van der Waals surface area contributed by atoms with Gasteiger partial charge in [0.05, 0.1) is 23.1 Å². The molecule has 0 aromatic heterocycles. The lowest BCUT2D eigenvalue weighted by Gasteiger charge is -2.28. The second kappa shape index (κ2) is 13.0. The largest absolute Gasteiger partial charge is 0.492 e. The predicted octanol–water partition coefficient (Wildman–Crippen LogP) is 6.99. The number of rotatable bonds is 11. The van der Waals surface area contributed by atoms with Gasteiger partial charge in [-0.2, -0.15) is 5.26 Å². The van der Waals surface area contributed by atoms with Gasteiger partial charge in [0.2, 0.25) is 10.0 Å². The van der Waals surface area contributed by atoms with Crippen molar-refractivity contribution >= 4 is 15.7 Å². The summed E-state index contributed by atoms with van der Waals surface area (Å²) < 4.78 is 35.0. The highest BCUT2D eigenvalue weighted by Crippen LogP contribution is 2.30. The van der Waals surface area contributed by atoms with Crippen molar-refractivity contribution in [3.8, 4) is 22.9 Å². The van der Waals surface area contributed by atoms with Gasteiger partial charge >= 0.3 is 0 Å². The summed E-state index contributed by atoms with van der Waals surface area (Å²) >= 11 is 0. The van der Waals surface area contributed by atoms with Gasteiger partial charge in [0.25, 0.3) is 0 Å². The van der Waals surface area contributed by atoms with E-state index in [0.29, 0.717) is 30.8 Å². The van der Waals surface area contributed by atoms with Gasteiger partial charge in [0.15, 0.2) is 0 Å². The summed E-state index contributed by atoms with van der Waals surface area (Å²) in [5.74, 6) is 0.981. The molecule has 4 rings (SSSR count). The van der Waals surface area contributed by atoms with E-state index < -0.39 is 15.6 Å². The number of nitrogens with zero attached hydrogens (tertiary/aromatic N) is 2. The van der Waals surface area contributed by atoms with E-state index in [1.165, 1.54) is 0 Å². The quantitative estimate of drug-likeness (QED) is 0.211. The number of sulfonamides is 1. The molecular formula is C34H37N3O3S. The number of ether oxygens (including phenoxy) is 1. The Bertz CT molecular complexity index is 1590. The minimum absolute atomic E-state index is 0.160. The number of hydrogen-bond acceptors (Lipinski definition) is 5. The van der Waals surface area contributed by atoms with Gasteiger partial charge in [0.1, 0.15) is 12.4 Å². The lowest BCUT2D eigenvalue weighted by Crippen LogP contribution is -2.40. The van der Waals surface area contributed by atoms with Crippen LogP contribution in [0.3, 0.4) is 0 Å². The van der Waals surface area contributed by atoms with Crippen molar-refractivity contribution in [3.05, 3.63) is 114 Å². The highest BCUT2D eigenvalue weighted by molar-refractivity contribution is 7.89. The van der Waals surface area contributed by atoms with Gasteiger partial charge in [-0.25, -0.2) is 13.1 Å². The van der Waals surface area contributed by atoms with Gasteiger partial charge in [-0.05, 0) is 74.2 Å². The molecule has 1 atom stereocenters. The maximum absolute atomic E-state index is 13.1. The van der Waals surface area contributed by atoms with Crippen LogP contribution in [-0.4, -0.2) is 33.7 Å². The van der Waals surface area contributed by atoms with Crippen LogP contribution in [0.25, 0.3) is 11.1 Å². The molecule has 0 radical (unpaired) electrons. The Morgan fingerprint density at radius 3 is 2.27 bits per heavy atom. The van der Waals surface area contributed by atoms with Crippen LogP contribution in [0, 0.1) is 11.3 Å². The zero-order valence-corrected chi connectivity index (χ0v) is 24.9. The molecule has 0 spiro atoms. The van der Waals surface area contributed by atoms with E-state index in [1.54, 1.807) is 18.2 Å². The Labute approximate surface area is 244 Å². The molecule has 0 aliphatic carbocycles. The highest BCUT2D eigenvalue weighted by Gasteiger charge is 2.25. The van der Waals surface area contributed by atoms with Gasteiger partial charge in [-0.1, -0.05) is 73.7 Å². The highest BCUT2D eigenvalue weighted by atomic mass is 32.2. The SMILES string of the molecule is CC(CN(CCOc1ccccc1)c1cccc(C#N)c1)c1ccc(-c2ccccc2S(=O)(=O)NC(C)(C)C)cc1. The topological polar surface area (TPSA) is 82.4 Å². The van der Waals surface area contributed by atoms with Crippen LogP contribution in [-0.2, 0) is 10.0 Å². The number of para-hydroxylation sites is 1. The normalized spacial score (nSPS) is 12.4. The van der Waals surface area contributed by atoms with E-state index in [-0.39, 0.29) is 10.8 Å². The maximum atomic E-state index is 13.1. The number of benzene rings is 4. The van der Waals surface area contributed by atoms with Gasteiger partial charge in [-0.15, -0.1) is 0 Å². The van der Waals surface area contributed by atoms with Crippen molar-refractivity contribution in [2.24, 2.45) is 0 Å². The summed E-state index contributed by atoms with van der Waals surface area (Å²) in [6.45, 7) is 9.52. The number of anilines is 1. The predicted molar refractivity (Wildman–Crippen MR) is 166 cm³/mol. The molecule has 0 heterocycles. The molecular weight excluding hydrogens is 530 g/mol. The van der Waals surface area contributed by atoms with Gasteiger partial charge in [-0.3, -0.25) is 0 Å². The first-order chi connectivity index (χ1) is 19.6. The molecule has 212 valence electrons. The fraction of sp³-hybridized carbons (Fsp3) is 0.265. The first-order valence-corrected chi connectivity index (χ1v) is 15.2. The number of hydrogen-bond donors (Lipinski definition) is 1.